The average Bonchev–Trinajstić information content (AvgIpc) is 2.41. The molecule has 19 heavy (non-hydrogen) atoms. The van der Waals surface area contributed by atoms with E-state index in [-0.39, 0.29) is 11.9 Å². The Morgan fingerprint density at radius 2 is 1.79 bits per heavy atom. The molecular weight excluding hydrogens is 238 g/mol. The second-order valence-corrected chi connectivity index (χ2v) is 6.13. The zero-order valence-electron chi connectivity index (χ0n) is 13.3. The lowest BCUT2D eigenvalue weighted by Gasteiger charge is -2.40. The normalized spacial score (nSPS) is 19.5. The number of piperazine rings is 1. The van der Waals surface area contributed by atoms with Gasteiger partial charge < -0.3 is 10.6 Å². The Balaban J connectivity index is 2.59. The molecule has 1 saturated heterocycles. The largest absolute Gasteiger partial charge is 0.352 e. The maximum absolute atomic E-state index is 12.5. The highest BCUT2D eigenvalue weighted by Crippen LogP contribution is 2.18. The van der Waals surface area contributed by atoms with Crippen LogP contribution in [0.2, 0.25) is 0 Å². The zero-order valence-corrected chi connectivity index (χ0v) is 13.3. The smallest absolute Gasteiger partial charge is 0.240 e. The van der Waals surface area contributed by atoms with E-state index >= 15 is 0 Å². The van der Waals surface area contributed by atoms with Crippen molar-refractivity contribution in [3.05, 3.63) is 0 Å². The summed E-state index contributed by atoms with van der Waals surface area (Å²) in [7, 11) is 0. The maximum atomic E-state index is 12.5. The van der Waals surface area contributed by atoms with Crippen LogP contribution in [0, 0.1) is 5.92 Å². The molecule has 0 aromatic carbocycles. The summed E-state index contributed by atoms with van der Waals surface area (Å²) in [5.41, 5.74) is -0.414. The van der Waals surface area contributed by atoms with Crippen LogP contribution in [-0.4, -0.2) is 48.6 Å². The topological polar surface area (TPSA) is 44.4 Å². The van der Waals surface area contributed by atoms with Crippen molar-refractivity contribution in [1.29, 1.82) is 0 Å². The van der Waals surface area contributed by atoms with Crippen LogP contribution < -0.4 is 10.6 Å². The predicted molar refractivity (Wildman–Crippen MR) is 80.2 cm³/mol. The molecule has 0 radical (unpaired) electrons. The first-order valence-corrected chi connectivity index (χ1v) is 7.70. The van der Waals surface area contributed by atoms with E-state index in [9.17, 15) is 4.79 Å². The second-order valence-electron chi connectivity index (χ2n) is 6.13. The molecule has 1 aliphatic rings. The Bertz CT molecular complexity index is 281. The van der Waals surface area contributed by atoms with Crippen molar-refractivity contribution in [1.82, 2.24) is 15.5 Å². The number of hydrogen-bond acceptors (Lipinski definition) is 3. The standard InChI is InChI=1S/C15H31N3O/c1-6-13(7-2)12(3)17-14(19)15(4,5)18-10-8-16-9-11-18/h12-13,16H,6-11H2,1-5H3,(H,17,19). The lowest BCUT2D eigenvalue weighted by atomic mass is 9.93. The molecule has 1 rings (SSSR count). The summed E-state index contributed by atoms with van der Waals surface area (Å²) in [6.45, 7) is 14.4. The minimum Gasteiger partial charge on any atom is -0.352 e. The van der Waals surface area contributed by atoms with E-state index < -0.39 is 5.54 Å². The van der Waals surface area contributed by atoms with Gasteiger partial charge in [-0.05, 0) is 26.7 Å². The highest BCUT2D eigenvalue weighted by atomic mass is 16.2. The SMILES string of the molecule is CCC(CC)C(C)NC(=O)C(C)(C)N1CCNCC1. The molecule has 0 aromatic rings. The molecule has 0 saturated carbocycles. The van der Waals surface area contributed by atoms with E-state index in [1.165, 1.54) is 0 Å². The van der Waals surface area contributed by atoms with E-state index in [2.05, 4.69) is 36.3 Å². The Morgan fingerprint density at radius 3 is 2.26 bits per heavy atom. The summed E-state index contributed by atoms with van der Waals surface area (Å²) in [4.78, 5) is 14.8. The molecule has 1 fully saturated rings. The number of rotatable bonds is 6. The Labute approximate surface area is 118 Å². The van der Waals surface area contributed by atoms with Crippen molar-refractivity contribution in [3.63, 3.8) is 0 Å². The number of nitrogens with zero attached hydrogens (tertiary/aromatic N) is 1. The maximum Gasteiger partial charge on any atom is 0.240 e. The van der Waals surface area contributed by atoms with Crippen molar-refractivity contribution < 1.29 is 4.79 Å². The summed E-state index contributed by atoms with van der Waals surface area (Å²) >= 11 is 0. The van der Waals surface area contributed by atoms with Gasteiger partial charge in [0.1, 0.15) is 0 Å². The van der Waals surface area contributed by atoms with Gasteiger partial charge in [-0.15, -0.1) is 0 Å². The summed E-state index contributed by atoms with van der Waals surface area (Å²) in [6, 6.07) is 0.254. The molecule has 1 heterocycles. The van der Waals surface area contributed by atoms with E-state index in [4.69, 9.17) is 0 Å². The van der Waals surface area contributed by atoms with Crippen LogP contribution in [0.1, 0.15) is 47.5 Å². The van der Waals surface area contributed by atoms with Crippen molar-refractivity contribution >= 4 is 5.91 Å². The van der Waals surface area contributed by atoms with E-state index in [1.54, 1.807) is 0 Å². The summed E-state index contributed by atoms with van der Waals surface area (Å²) in [6.07, 6.45) is 2.23. The third-order valence-corrected chi connectivity index (χ3v) is 4.58. The fourth-order valence-electron chi connectivity index (χ4n) is 2.86. The number of nitrogens with one attached hydrogen (secondary N) is 2. The van der Waals surface area contributed by atoms with Gasteiger partial charge >= 0.3 is 0 Å². The molecule has 4 nitrogen and oxygen atoms in total. The predicted octanol–water partition coefficient (Wildman–Crippen LogP) is 1.61. The summed E-state index contributed by atoms with van der Waals surface area (Å²) in [5, 5.41) is 6.55. The summed E-state index contributed by atoms with van der Waals surface area (Å²) < 4.78 is 0. The highest BCUT2D eigenvalue weighted by molar-refractivity contribution is 5.85. The monoisotopic (exact) mass is 269 g/mol. The molecule has 0 spiro atoms. The van der Waals surface area contributed by atoms with Gasteiger partial charge in [-0.1, -0.05) is 26.7 Å². The first-order valence-electron chi connectivity index (χ1n) is 7.70. The molecule has 1 aliphatic heterocycles. The quantitative estimate of drug-likeness (QED) is 0.770. The number of carbonyl (C=O) groups excluding carboxylic acids is 1. The molecule has 0 bridgehead atoms. The Kier molecular flexibility index (Phi) is 6.27. The average molecular weight is 269 g/mol. The lowest BCUT2D eigenvalue weighted by Crippen LogP contribution is -2.61. The minimum absolute atomic E-state index is 0.161. The third-order valence-electron chi connectivity index (χ3n) is 4.58. The number of amides is 1. The van der Waals surface area contributed by atoms with Gasteiger partial charge in [0.05, 0.1) is 5.54 Å². The van der Waals surface area contributed by atoms with Crippen LogP contribution in [0.5, 0.6) is 0 Å². The van der Waals surface area contributed by atoms with Crippen LogP contribution in [0.3, 0.4) is 0 Å². The Morgan fingerprint density at radius 1 is 1.26 bits per heavy atom. The number of hydrogen-bond donors (Lipinski definition) is 2. The summed E-state index contributed by atoms with van der Waals surface area (Å²) in [5.74, 6) is 0.733. The first kappa shape index (κ1) is 16.4. The molecule has 1 amide bonds. The lowest BCUT2D eigenvalue weighted by molar-refractivity contribution is -0.133. The van der Waals surface area contributed by atoms with Gasteiger partial charge in [0, 0.05) is 32.2 Å². The molecule has 4 heteroatoms. The van der Waals surface area contributed by atoms with Gasteiger partial charge in [0.2, 0.25) is 5.91 Å². The van der Waals surface area contributed by atoms with Gasteiger partial charge in [-0.25, -0.2) is 0 Å². The van der Waals surface area contributed by atoms with Crippen LogP contribution in [-0.2, 0) is 4.79 Å². The van der Waals surface area contributed by atoms with E-state index in [0.717, 1.165) is 39.0 Å². The molecule has 1 unspecified atom stereocenters. The van der Waals surface area contributed by atoms with Crippen molar-refractivity contribution in [2.75, 3.05) is 26.2 Å². The van der Waals surface area contributed by atoms with E-state index in [1.807, 2.05) is 13.8 Å². The molecule has 2 N–H and O–H groups in total. The van der Waals surface area contributed by atoms with Gasteiger partial charge in [0.15, 0.2) is 0 Å². The first-order chi connectivity index (χ1) is 8.93. The molecule has 0 aliphatic carbocycles. The van der Waals surface area contributed by atoms with Crippen molar-refractivity contribution in [2.45, 2.75) is 59.0 Å². The fraction of sp³-hybridized carbons (Fsp3) is 0.933. The molecule has 112 valence electrons. The molecule has 1 atom stereocenters. The zero-order chi connectivity index (χ0) is 14.5. The molecular formula is C15H31N3O. The Hall–Kier alpha value is -0.610. The van der Waals surface area contributed by atoms with Crippen LogP contribution in [0.4, 0.5) is 0 Å². The van der Waals surface area contributed by atoms with Crippen molar-refractivity contribution in [2.24, 2.45) is 5.92 Å². The van der Waals surface area contributed by atoms with Crippen LogP contribution in [0.15, 0.2) is 0 Å². The van der Waals surface area contributed by atoms with Gasteiger partial charge in [0.25, 0.3) is 0 Å². The van der Waals surface area contributed by atoms with Gasteiger partial charge in [-0.2, -0.15) is 0 Å². The van der Waals surface area contributed by atoms with Gasteiger partial charge in [-0.3, -0.25) is 9.69 Å². The van der Waals surface area contributed by atoms with Crippen LogP contribution >= 0.6 is 0 Å². The fourth-order valence-corrected chi connectivity index (χ4v) is 2.86. The third kappa shape index (κ3) is 4.18. The second kappa shape index (κ2) is 7.25. The number of carbonyl (C=O) groups is 1. The van der Waals surface area contributed by atoms with E-state index in [0.29, 0.717) is 5.92 Å². The highest BCUT2D eigenvalue weighted by Gasteiger charge is 2.36. The van der Waals surface area contributed by atoms with Crippen molar-refractivity contribution in [3.8, 4) is 0 Å². The molecule has 0 aromatic heterocycles. The van der Waals surface area contributed by atoms with Crippen LogP contribution in [0.25, 0.3) is 0 Å². The minimum atomic E-state index is -0.414.